The fraction of sp³-hybridized carbons (Fsp3) is 0.200. The molecule has 2 aliphatic heterocycles. The minimum atomic E-state index is -4.80. The number of hydrogen-bond acceptors (Lipinski definition) is 7. The quantitative estimate of drug-likeness (QED) is 0.290. The number of halogens is 3. The van der Waals surface area contributed by atoms with Crippen molar-refractivity contribution in [2.45, 2.75) is 28.9 Å². The van der Waals surface area contributed by atoms with Gasteiger partial charge in [-0.05, 0) is 42.0 Å². The maximum absolute atomic E-state index is 13.9. The second-order valence-electron chi connectivity index (χ2n) is 9.88. The number of carbonyl (C=O) groups excluding carboxylic acids is 3. The molecule has 0 spiro atoms. The molecule has 1 aromatic heterocycles. The van der Waals surface area contributed by atoms with E-state index in [9.17, 15) is 32.3 Å². The summed E-state index contributed by atoms with van der Waals surface area (Å²) in [6, 6.07) is 19.8. The molecule has 0 bridgehead atoms. The minimum Gasteiger partial charge on any atom is -0.497 e. The van der Waals surface area contributed by atoms with Crippen molar-refractivity contribution in [1.82, 2.24) is 4.57 Å². The van der Waals surface area contributed by atoms with Gasteiger partial charge in [-0.3, -0.25) is 23.7 Å². The third-order valence-electron chi connectivity index (χ3n) is 7.33. The normalized spacial score (nSPS) is 19.6. The predicted molar refractivity (Wildman–Crippen MR) is 156 cm³/mol. The number of aromatic nitrogens is 1. The number of hydrogen-bond donors (Lipinski definition) is 1. The summed E-state index contributed by atoms with van der Waals surface area (Å²) < 4.78 is 48.1. The zero-order valence-electron chi connectivity index (χ0n) is 22.3. The number of imide groups is 1. The number of methoxy groups -OCH3 is 1. The van der Waals surface area contributed by atoms with Crippen molar-refractivity contribution in [3.05, 3.63) is 105 Å². The molecule has 0 radical (unpaired) electrons. The molecule has 6 rings (SSSR count). The molecule has 1 N–H and O–H groups in total. The molecule has 0 aliphatic carbocycles. The highest BCUT2D eigenvalue weighted by molar-refractivity contribution is 8.00. The van der Waals surface area contributed by atoms with Crippen LogP contribution in [-0.4, -0.2) is 34.6 Å². The molecule has 2 aliphatic rings. The van der Waals surface area contributed by atoms with Crippen LogP contribution < -0.4 is 19.8 Å². The van der Waals surface area contributed by atoms with Crippen LogP contribution in [0, 0.1) is 5.92 Å². The molecular weight excluding hydrogens is 603 g/mol. The van der Waals surface area contributed by atoms with Crippen molar-refractivity contribution < 1.29 is 32.3 Å². The van der Waals surface area contributed by atoms with Crippen molar-refractivity contribution in [2.75, 3.05) is 17.3 Å². The molecule has 0 saturated carbocycles. The molecule has 4 aromatic rings. The van der Waals surface area contributed by atoms with Gasteiger partial charge in [-0.1, -0.05) is 65.6 Å². The molecule has 3 amide bonds. The van der Waals surface area contributed by atoms with E-state index in [2.05, 4.69) is 5.32 Å². The lowest BCUT2D eigenvalue weighted by Crippen LogP contribution is -2.33. The van der Waals surface area contributed by atoms with Crippen LogP contribution in [0.2, 0.25) is 0 Å². The van der Waals surface area contributed by atoms with Crippen molar-refractivity contribution in [2.24, 2.45) is 5.92 Å². The third kappa shape index (κ3) is 5.12. The fourth-order valence-corrected chi connectivity index (χ4v) is 8.21. The van der Waals surface area contributed by atoms with Gasteiger partial charge in [0.1, 0.15) is 17.5 Å². The number of carbonyl (C=O) groups is 3. The summed E-state index contributed by atoms with van der Waals surface area (Å²) in [5.41, 5.74) is -0.527. The van der Waals surface area contributed by atoms with E-state index < -0.39 is 57.1 Å². The summed E-state index contributed by atoms with van der Waals surface area (Å²) in [6.07, 6.45) is -4.80. The molecule has 220 valence electrons. The van der Waals surface area contributed by atoms with Gasteiger partial charge >= 0.3 is 11.0 Å². The molecule has 3 heterocycles. The topological polar surface area (TPSA) is 97.7 Å². The Morgan fingerprint density at radius 2 is 1.60 bits per heavy atom. The van der Waals surface area contributed by atoms with Crippen molar-refractivity contribution in [3.63, 3.8) is 0 Å². The molecule has 1 saturated heterocycles. The summed E-state index contributed by atoms with van der Waals surface area (Å²) in [4.78, 5) is 54.6. The van der Waals surface area contributed by atoms with Gasteiger partial charge in [0.25, 0.3) is 0 Å². The highest BCUT2D eigenvalue weighted by Gasteiger charge is 2.57. The lowest BCUT2D eigenvalue weighted by Gasteiger charge is -2.30. The van der Waals surface area contributed by atoms with Gasteiger partial charge in [0, 0.05) is 16.5 Å². The molecule has 43 heavy (non-hydrogen) atoms. The second kappa shape index (κ2) is 11.0. The molecule has 1 fully saturated rings. The van der Waals surface area contributed by atoms with Crippen LogP contribution in [-0.2, 0) is 27.1 Å². The average Bonchev–Trinajstić information content (AvgIpc) is 3.43. The monoisotopic (exact) mass is 625 g/mol. The third-order valence-corrected chi connectivity index (χ3v) is 9.94. The lowest BCUT2D eigenvalue weighted by molar-refractivity contribution is -0.137. The molecule has 3 aromatic carbocycles. The summed E-state index contributed by atoms with van der Waals surface area (Å²) in [5.74, 6) is -3.33. The van der Waals surface area contributed by atoms with Crippen LogP contribution in [0.1, 0.15) is 21.9 Å². The Kier molecular flexibility index (Phi) is 7.38. The Labute approximate surface area is 251 Å². The van der Waals surface area contributed by atoms with Crippen molar-refractivity contribution >= 4 is 52.2 Å². The van der Waals surface area contributed by atoms with Gasteiger partial charge in [-0.2, -0.15) is 13.2 Å². The lowest BCUT2D eigenvalue weighted by atomic mass is 9.83. The number of amides is 3. The zero-order valence-corrected chi connectivity index (χ0v) is 24.0. The number of alkyl halides is 3. The molecular formula is C30H22F3N3O5S2. The maximum atomic E-state index is 13.9. The van der Waals surface area contributed by atoms with E-state index in [1.807, 2.05) is 0 Å². The number of rotatable bonds is 6. The minimum absolute atomic E-state index is 0.335. The first kappa shape index (κ1) is 28.7. The van der Waals surface area contributed by atoms with E-state index in [0.717, 1.165) is 35.2 Å². The molecule has 3 atom stereocenters. The summed E-state index contributed by atoms with van der Waals surface area (Å²) in [6.45, 7) is -0.370. The SMILES string of the molecule is COc1ccc(NC(=O)Cn2c3c(sc2=O)C(c2ccccc2)C2C(=O)N(c4ccccc4C(F)(F)F)C(=O)C2S3)cc1. The van der Waals surface area contributed by atoms with Crippen LogP contribution in [0.25, 0.3) is 0 Å². The number of ether oxygens (including phenoxy) is 1. The highest BCUT2D eigenvalue weighted by Crippen LogP contribution is 2.54. The Balaban J connectivity index is 1.40. The fourth-order valence-electron chi connectivity index (χ4n) is 5.44. The summed E-state index contributed by atoms with van der Waals surface area (Å²) >= 11 is 1.79. The number of nitrogens with one attached hydrogen (secondary N) is 1. The summed E-state index contributed by atoms with van der Waals surface area (Å²) in [5, 5.41) is 1.95. The van der Waals surface area contributed by atoms with E-state index in [0.29, 0.717) is 31.8 Å². The zero-order chi connectivity index (χ0) is 30.5. The van der Waals surface area contributed by atoms with Crippen LogP contribution in [0.5, 0.6) is 5.75 Å². The number of anilines is 2. The standard InChI is InChI=1S/C30H22F3N3O5S2/c1-41-18-13-11-17(12-14-18)34-21(37)15-35-28-25(43-29(35)40)22(16-7-3-2-4-8-16)23-24(42-28)27(39)36(26(23)38)20-10-6-5-9-19(20)30(31,32)33/h2-14,22-24H,15H2,1H3,(H,34,37). The Morgan fingerprint density at radius 1 is 0.930 bits per heavy atom. The Hall–Kier alpha value is -4.36. The van der Waals surface area contributed by atoms with E-state index in [1.54, 1.807) is 54.6 Å². The van der Waals surface area contributed by atoms with Gasteiger partial charge in [0.2, 0.25) is 17.7 Å². The van der Waals surface area contributed by atoms with Crippen LogP contribution in [0.15, 0.2) is 88.7 Å². The second-order valence-corrected chi connectivity index (χ2v) is 12.0. The van der Waals surface area contributed by atoms with E-state index in [4.69, 9.17) is 4.74 Å². The van der Waals surface area contributed by atoms with E-state index >= 15 is 0 Å². The van der Waals surface area contributed by atoms with Gasteiger partial charge in [-0.25, -0.2) is 4.90 Å². The number of thiazole rings is 1. The van der Waals surface area contributed by atoms with E-state index in [-0.39, 0.29) is 6.54 Å². The number of para-hydroxylation sites is 1. The first-order chi connectivity index (χ1) is 20.6. The van der Waals surface area contributed by atoms with Gasteiger partial charge in [0.05, 0.1) is 29.3 Å². The molecule has 13 heteroatoms. The van der Waals surface area contributed by atoms with Crippen molar-refractivity contribution in [1.29, 1.82) is 0 Å². The summed E-state index contributed by atoms with van der Waals surface area (Å²) in [7, 11) is 1.52. The number of thioether (sulfide) groups is 1. The van der Waals surface area contributed by atoms with Crippen LogP contribution >= 0.6 is 23.1 Å². The Bertz CT molecular complexity index is 1790. The maximum Gasteiger partial charge on any atom is 0.418 e. The van der Waals surface area contributed by atoms with Gasteiger partial charge in [0.15, 0.2) is 0 Å². The smallest absolute Gasteiger partial charge is 0.418 e. The molecule has 8 nitrogen and oxygen atoms in total. The number of benzene rings is 3. The first-order valence-electron chi connectivity index (χ1n) is 13.0. The number of fused-ring (bicyclic) bond motifs is 2. The Morgan fingerprint density at radius 3 is 2.28 bits per heavy atom. The van der Waals surface area contributed by atoms with E-state index in [1.165, 1.54) is 23.8 Å². The predicted octanol–water partition coefficient (Wildman–Crippen LogP) is 5.37. The van der Waals surface area contributed by atoms with Gasteiger partial charge < -0.3 is 10.1 Å². The van der Waals surface area contributed by atoms with Crippen LogP contribution in [0.3, 0.4) is 0 Å². The largest absolute Gasteiger partial charge is 0.497 e. The van der Waals surface area contributed by atoms with Crippen molar-refractivity contribution in [3.8, 4) is 5.75 Å². The number of nitrogens with zero attached hydrogens (tertiary/aromatic N) is 2. The van der Waals surface area contributed by atoms with Gasteiger partial charge in [-0.15, -0.1) is 0 Å². The average molecular weight is 626 g/mol. The highest BCUT2D eigenvalue weighted by atomic mass is 32.2. The first-order valence-corrected chi connectivity index (χ1v) is 14.7. The van der Waals surface area contributed by atoms with Crippen LogP contribution in [0.4, 0.5) is 24.5 Å². The molecule has 3 unspecified atom stereocenters.